The summed E-state index contributed by atoms with van der Waals surface area (Å²) < 4.78 is 0.988. The molecule has 0 unspecified atom stereocenters. The Kier molecular flexibility index (Phi) is 4.24. The summed E-state index contributed by atoms with van der Waals surface area (Å²) in [6, 6.07) is 6.07. The minimum absolute atomic E-state index is 0.157. The van der Waals surface area contributed by atoms with Gasteiger partial charge in [0.2, 0.25) is 5.91 Å². The van der Waals surface area contributed by atoms with E-state index in [2.05, 4.69) is 26.9 Å². The van der Waals surface area contributed by atoms with Gasteiger partial charge in [0.25, 0.3) is 0 Å². The van der Waals surface area contributed by atoms with E-state index in [-0.39, 0.29) is 5.91 Å². The van der Waals surface area contributed by atoms with Crippen LogP contribution in [0.15, 0.2) is 22.7 Å². The molecule has 1 aliphatic heterocycles. The Morgan fingerprint density at radius 1 is 1.39 bits per heavy atom. The third kappa shape index (κ3) is 2.67. The summed E-state index contributed by atoms with van der Waals surface area (Å²) >= 11 is 3.46. The molecule has 1 amide bonds. The largest absolute Gasteiger partial charge is 0.369 e. The molecule has 0 atom stereocenters. The van der Waals surface area contributed by atoms with Gasteiger partial charge in [0, 0.05) is 31.0 Å². The number of anilines is 2. The lowest BCUT2D eigenvalue weighted by Gasteiger charge is -2.25. The number of nitrogens with two attached hydrogens (primary N) is 1. The van der Waals surface area contributed by atoms with Crippen molar-refractivity contribution >= 4 is 33.2 Å². The molecule has 2 N–H and O–H groups in total. The number of amides is 1. The van der Waals surface area contributed by atoms with E-state index in [0.29, 0.717) is 13.0 Å². The second kappa shape index (κ2) is 5.71. The number of carbonyl (C=O) groups excluding carboxylic acids is 1. The number of fused-ring (bicyclic) bond motifs is 1. The number of nitrogens with zero attached hydrogens (tertiary/aromatic N) is 2. The van der Waals surface area contributed by atoms with Crippen LogP contribution in [0.1, 0.15) is 12.8 Å². The monoisotopic (exact) mass is 311 g/mol. The average Bonchev–Trinajstić information content (AvgIpc) is 2.48. The van der Waals surface area contributed by atoms with Crippen LogP contribution in [0, 0.1) is 0 Å². The van der Waals surface area contributed by atoms with Gasteiger partial charge in [-0.1, -0.05) is 15.9 Å². The zero-order valence-corrected chi connectivity index (χ0v) is 12.1. The van der Waals surface area contributed by atoms with Crippen LogP contribution in [0.5, 0.6) is 0 Å². The van der Waals surface area contributed by atoms with Crippen LogP contribution in [0.4, 0.5) is 11.4 Å². The normalized spacial score (nSPS) is 15.6. The molecule has 5 heteroatoms. The molecule has 0 fully saturated rings. The van der Waals surface area contributed by atoms with Crippen molar-refractivity contribution < 1.29 is 4.79 Å². The van der Waals surface area contributed by atoms with Crippen molar-refractivity contribution in [2.75, 3.05) is 36.5 Å². The second-order valence-electron chi connectivity index (χ2n) is 4.47. The molecule has 1 aliphatic rings. The highest BCUT2D eigenvalue weighted by Crippen LogP contribution is 2.34. The van der Waals surface area contributed by atoms with Crippen LogP contribution in [0.2, 0.25) is 0 Å². The van der Waals surface area contributed by atoms with Crippen molar-refractivity contribution in [2.24, 2.45) is 5.73 Å². The van der Waals surface area contributed by atoms with Crippen LogP contribution in [0.3, 0.4) is 0 Å². The summed E-state index contributed by atoms with van der Waals surface area (Å²) in [5, 5.41) is 0. The Balaban J connectivity index is 2.37. The molecule has 1 aromatic rings. The summed E-state index contributed by atoms with van der Waals surface area (Å²) in [5.41, 5.74) is 7.64. The van der Waals surface area contributed by atoms with Crippen LogP contribution >= 0.6 is 15.9 Å². The summed E-state index contributed by atoms with van der Waals surface area (Å²) in [6.45, 7) is 2.33. The summed E-state index contributed by atoms with van der Waals surface area (Å²) in [7, 11) is 1.83. The fourth-order valence-electron chi connectivity index (χ4n) is 2.20. The lowest BCUT2D eigenvalue weighted by molar-refractivity contribution is -0.118. The van der Waals surface area contributed by atoms with E-state index >= 15 is 0 Å². The highest BCUT2D eigenvalue weighted by molar-refractivity contribution is 9.10. The number of benzene rings is 1. The molecule has 1 heterocycles. The van der Waals surface area contributed by atoms with E-state index in [4.69, 9.17) is 5.73 Å². The molecule has 0 radical (unpaired) electrons. The van der Waals surface area contributed by atoms with Crippen molar-refractivity contribution in [3.05, 3.63) is 22.7 Å². The average molecular weight is 312 g/mol. The predicted octanol–water partition coefficient (Wildman–Crippen LogP) is 1.97. The number of hydrogen-bond acceptors (Lipinski definition) is 3. The topological polar surface area (TPSA) is 49.6 Å². The maximum atomic E-state index is 12.0. The summed E-state index contributed by atoms with van der Waals surface area (Å²) in [6.07, 6.45) is 1.49. The van der Waals surface area contributed by atoms with Crippen molar-refractivity contribution in [3.8, 4) is 0 Å². The van der Waals surface area contributed by atoms with Crippen LogP contribution in [-0.4, -0.2) is 32.6 Å². The van der Waals surface area contributed by atoms with Crippen LogP contribution < -0.4 is 15.5 Å². The maximum absolute atomic E-state index is 12.0. The first-order chi connectivity index (χ1) is 8.63. The summed E-state index contributed by atoms with van der Waals surface area (Å²) in [5.74, 6) is 0.157. The standard InChI is InChI=1S/C13H18BrN3O/c1-16-12-9-10(14)3-4-11(12)17(7-2-6-15)8-5-13(16)18/h3-4,9H,2,5-8,15H2,1H3. The third-order valence-electron chi connectivity index (χ3n) is 3.24. The van der Waals surface area contributed by atoms with Gasteiger partial charge in [-0.25, -0.2) is 0 Å². The maximum Gasteiger partial charge on any atom is 0.228 e. The van der Waals surface area contributed by atoms with Gasteiger partial charge in [0.1, 0.15) is 0 Å². The van der Waals surface area contributed by atoms with Crippen molar-refractivity contribution in [2.45, 2.75) is 12.8 Å². The van der Waals surface area contributed by atoms with Gasteiger partial charge >= 0.3 is 0 Å². The number of rotatable bonds is 3. The Hall–Kier alpha value is -1.07. The molecule has 18 heavy (non-hydrogen) atoms. The molecule has 2 rings (SSSR count). The zero-order chi connectivity index (χ0) is 13.1. The van der Waals surface area contributed by atoms with E-state index in [0.717, 1.165) is 35.4 Å². The third-order valence-corrected chi connectivity index (χ3v) is 3.73. The minimum atomic E-state index is 0.157. The second-order valence-corrected chi connectivity index (χ2v) is 5.38. The quantitative estimate of drug-likeness (QED) is 0.928. The molecule has 0 spiro atoms. The van der Waals surface area contributed by atoms with E-state index in [1.807, 2.05) is 19.2 Å². The smallest absolute Gasteiger partial charge is 0.228 e. The zero-order valence-electron chi connectivity index (χ0n) is 10.5. The molecule has 0 saturated heterocycles. The molecule has 1 aromatic carbocycles. The van der Waals surface area contributed by atoms with E-state index < -0.39 is 0 Å². The van der Waals surface area contributed by atoms with Gasteiger partial charge in [0.15, 0.2) is 0 Å². The SMILES string of the molecule is CN1C(=O)CCN(CCCN)c2ccc(Br)cc21. The molecule has 98 valence electrons. The fourth-order valence-corrected chi connectivity index (χ4v) is 2.55. The van der Waals surface area contributed by atoms with E-state index in [1.165, 1.54) is 0 Å². The van der Waals surface area contributed by atoms with Crippen molar-refractivity contribution in [1.82, 2.24) is 0 Å². The van der Waals surface area contributed by atoms with Crippen LogP contribution in [0.25, 0.3) is 0 Å². The molecule has 4 nitrogen and oxygen atoms in total. The number of carbonyl (C=O) groups is 1. The number of hydrogen-bond donors (Lipinski definition) is 1. The molecule has 0 saturated carbocycles. The van der Waals surface area contributed by atoms with Crippen LogP contribution in [-0.2, 0) is 4.79 Å². The molecular weight excluding hydrogens is 294 g/mol. The van der Waals surface area contributed by atoms with Gasteiger partial charge < -0.3 is 15.5 Å². The van der Waals surface area contributed by atoms with Gasteiger partial charge in [-0.15, -0.1) is 0 Å². The molecular formula is C13H18BrN3O. The first-order valence-electron chi connectivity index (χ1n) is 6.14. The molecule has 0 aliphatic carbocycles. The predicted molar refractivity (Wildman–Crippen MR) is 78.1 cm³/mol. The Morgan fingerprint density at radius 3 is 2.89 bits per heavy atom. The first-order valence-corrected chi connectivity index (χ1v) is 6.94. The Morgan fingerprint density at radius 2 is 2.17 bits per heavy atom. The Bertz CT molecular complexity index is 450. The highest BCUT2D eigenvalue weighted by atomic mass is 79.9. The van der Waals surface area contributed by atoms with Gasteiger partial charge in [-0.3, -0.25) is 4.79 Å². The highest BCUT2D eigenvalue weighted by Gasteiger charge is 2.23. The van der Waals surface area contributed by atoms with Gasteiger partial charge in [-0.05, 0) is 31.2 Å². The molecule has 0 aromatic heterocycles. The Labute approximate surface area is 116 Å². The first kappa shape index (κ1) is 13.4. The lowest BCUT2D eigenvalue weighted by atomic mass is 10.2. The lowest BCUT2D eigenvalue weighted by Crippen LogP contribution is -2.27. The van der Waals surface area contributed by atoms with Crippen molar-refractivity contribution in [3.63, 3.8) is 0 Å². The minimum Gasteiger partial charge on any atom is -0.369 e. The fraction of sp³-hybridized carbons (Fsp3) is 0.462. The summed E-state index contributed by atoms with van der Waals surface area (Å²) in [4.78, 5) is 16.0. The van der Waals surface area contributed by atoms with Crippen molar-refractivity contribution in [1.29, 1.82) is 0 Å². The number of halogens is 1. The van der Waals surface area contributed by atoms with E-state index in [9.17, 15) is 4.79 Å². The molecule has 0 bridgehead atoms. The van der Waals surface area contributed by atoms with Gasteiger partial charge in [-0.2, -0.15) is 0 Å². The van der Waals surface area contributed by atoms with Gasteiger partial charge in [0.05, 0.1) is 11.4 Å². The van der Waals surface area contributed by atoms with E-state index in [1.54, 1.807) is 4.90 Å².